The molecule has 10 heteroatoms. The van der Waals surface area contributed by atoms with Crippen LogP contribution in [0.15, 0.2) is 30.5 Å². The quantitative estimate of drug-likeness (QED) is 0.303. The van der Waals surface area contributed by atoms with E-state index in [4.69, 9.17) is 0 Å². The van der Waals surface area contributed by atoms with Gasteiger partial charge in [0.1, 0.15) is 30.2 Å². The van der Waals surface area contributed by atoms with E-state index in [0.29, 0.717) is 40.3 Å². The number of aryl methyl sites for hydroxylation is 1. The summed E-state index contributed by atoms with van der Waals surface area (Å²) in [7, 11) is -2.66. The summed E-state index contributed by atoms with van der Waals surface area (Å²) in [4.78, 5) is 13.3. The van der Waals surface area contributed by atoms with Crippen LogP contribution in [0.4, 0.5) is 19.0 Å². The van der Waals surface area contributed by atoms with Crippen molar-refractivity contribution in [2.75, 3.05) is 17.6 Å². The third-order valence-electron chi connectivity index (χ3n) is 6.24. The molecular weight excluding hydrogens is 488 g/mol. The zero-order valence-electron chi connectivity index (χ0n) is 21.6. The lowest BCUT2D eigenvalue weighted by atomic mass is 9.91. The first-order chi connectivity index (χ1) is 16.7. The number of benzene rings is 1. The van der Waals surface area contributed by atoms with Crippen LogP contribution in [0.1, 0.15) is 70.5 Å². The van der Waals surface area contributed by atoms with Crippen LogP contribution in [0.25, 0.3) is 11.0 Å². The van der Waals surface area contributed by atoms with Crippen LogP contribution >= 0.6 is 7.14 Å². The number of pyridine rings is 1. The first kappa shape index (κ1) is 28.1. The minimum atomic E-state index is -3.80. The van der Waals surface area contributed by atoms with Gasteiger partial charge in [-0.05, 0) is 52.7 Å². The predicted octanol–water partition coefficient (Wildman–Crippen LogP) is 6.32. The Morgan fingerprint density at radius 3 is 2.36 bits per heavy atom. The number of halogens is 3. The van der Waals surface area contributed by atoms with Gasteiger partial charge >= 0.3 is 5.92 Å². The smallest absolute Gasteiger partial charge is 0.303 e. The molecule has 1 atom stereocenters. The van der Waals surface area contributed by atoms with Gasteiger partial charge < -0.3 is 15.0 Å². The van der Waals surface area contributed by atoms with Gasteiger partial charge in [-0.1, -0.05) is 26.0 Å². The van der Waals surface area contributed by atoms with Crippen molar-refractivity contribution in [1.82, 2.24) is 15.0 Å². The van der Waals surface area contributed by atoms with Gasteiger partial charge in [0.05, 0.1) is 17.0 Å². The summed E-state index contributed by atoms with van der Waals surface area (Å²) in [6.07, 6.45) is 4.27. The van der Waals surface area contributed by atoms with Crippen LogP contribution in [-0.4, -0.2) is 38.0 Å². The summed E-state index contributed by atoms with van der Waals surface area (Å²) in [5, 5.41) is 14.2. The molecule has 2 N–H and O–H groups in total. The Hall–Kier alpha value is -2.51. The molecule has 0 saturated carbocycles. The lowest BCUT2D eigenvalue weighted by Crippen LogP contribution is -2.41. The molecule has 196 valence electrons. The van der Waals surface area contributed by atoms with E-state index in [1.807, 2.05) is 13.8 Å². The van der Waals surface area contributed by atoms with Gasteiger partial charge in [0.2, 0.25) is 0 Å². The molecule has 0 unspecified atom stereocenters. The van der Waals surface area contributed by atoms with Gasteiger partial charge in [-0.25, -0.2) is 19.3 Å². The fourth-order valence-electron chi connectivity index (χ4n) is 4.27. The van der Waals surface area contributed by atoms with E-state index >= 15 is 4.39 Å². The monoisotopic (exact) mass is 522 g/mol. The third-order valence-corrected chi connectivity index (χ3v) is 9.77. The molecule has 0 fully saturated rings. The van der Waals surface area contributed by atoms with Gasteiger partial charge in [0, 0.05) is 29.4 Å². The van der Waals surface area contributed by atoms with Gasteiger partial charge in [0.15, 0.2) is 5.65 Å². The van der Waals surface area contributed by atoms with Crippen molar-refractivity contribution in [2.45, 2.75) is 71.9 Å². The van der Waals surface area contributed by atoms with E-state index in [1.165, 1.54) is 12.1 Å². The molecule has 3 aromatic rings. The fraction of sp³-hybridized carbons (Fsp3) is 0.500. The number of hydrogen-bond donors (Lipinski definition) is 2. The Balaban J connectivity index is 2.07. The number of rotatable bonds is 10. The molecule has 2 aromatic heterocycles. The first-order valence-corrected chi connectivity index (χ1v) is 14.2. The molecule has 3 rings (SSSR count). The molecule has 2 heterocycles. The maximum atomic E-state index is 15.3. The summed E-state index contributed by atoms with van der Waals surface area (Å²) in [6, 6.07) is 4.73. The number of hydrogen-bond acceptors (Lipinski definition) is 6. The molecule has 0 saturated heterocycles. The lowest BCUT2D eigenvalue weighted by molar-refractivity contribution is -0.170. The molecule has 0 bridgehead atoms. The minimum absolute atomic E-state index is 0.00686. The van der Waals surface area contributed by atoms with Crippen molar-refractivity contribution in [1.29, 1.82) is 0 Å². The van der Waals surface area contributed by atoms with Crippen LogP contribution in [0.2, 0.25) is 0 Å². The van der Waals surface area contributed by atoms with E-state index < -0.39 is 36.1 Å². The van der Waals surface area contributed by atoms with Crippen molar-refractivity contribution >= 4 is 29.3 Å². The average Bonchev–Trinajstić information content (AvgIpc) is 2.78. The van der Waals surface area contributed by atoms with Crippen molar-refractivity contribution in [2.24, 2.45) is 0 Å². The van der Waals surface area contributed by atoms with Crippen molar-refractivity contribution in [3.63, 3.8) is 0 Å². The third kappa shape index (κ3) is 5.42. The number of fused-ring (bicyclic) bond motifs is 1. The molecule has 6 nitrogen and oxygen atoms in total. The zero-order chi connectivity index (χ0) is 26.9. The largest absolute Gasteiger partial charge is 0.384 e. The lowest BCUT2D eigenvalue weighted by Gasteiger charge is -2.30. The van der Waals surface area contributed by atoms with Crippen LogP contribution in [0.5, 0.6) is 0 Å². The number of aromatic nitrogens is 3. The summed E-state index contributed by atoms with van der Waals surface area (Å²) in [6.45, 7) is 9.18. The number of nitrogens with zero attached hydrogens (tertiary/aromatic N) is 3. The Morgan fingerprint density at radius 2 is 1.78 bits per heavy atom. The van der Waals surface area contributed by atoms with Crippen LogP contribution < -0.4 is 10.6 Å². The van der Waals surface area contributed by atoms with Crippen molar-refractivity contribution in [3.8, 4) is 0 Å². The molecule has 0 aliphatic carbocycles. The summed E-state index contributed by atoms with van der Waals surface area (Å²) in [5.74, 6) is -4.14. The molecule has 0 radical (unpaired) electrons. The molecule has 1 aromatic carbocycles. The van der Waals surface area contributed by atoms with Gasteiger partial charge in [-0.15, -0.1) is 0 Å². The fourth-order valence-corrected chi connectivity index (χ4v) is 7.09. The Bertz CT molecular complexity index is 1280. The highest BCUT2D eigenvalue weighted by Crippen LogP contribution is 2.46. The second-order valence-corrected chi connectivity index (χ2v) is 12.9. The van der Waals surface area contributed by atoms with Gasteiger partial charge in [-0.2, -0.15) is 8.78 Å². The molecule has 0 spiro atoms. The van der Waals surface area contributed by atoms with Crippen molar-refractivity contribution < 1.29 is 22.8 Å². The number of nitrogens with one attached hydrogen (secondary N) is 1. The Morgan fingerprint density at radius 1 is 1.14 bits per heavy atom. The molecule has 36 heavy (non-hydrogen) atoms. The highest BCUT2D eigenvalue weighted by Gasteiger charge is 2.49. The summed E-state index contributed by atoms with van der Waals surface area (Å²) >= 11 is 0. The summed E-state index contributed by atoms with van der Waals surface area (Å²) in [5.41, 5.74) is -2.94. The van der Waals surface area contributed by atoms with Gasteiger partial charge in [0.25, 0.3) is 0 Å². The second kappa shape index (κ2) is 10.5. The normalized spacial score (nSPS) is 13.7. The number of alkyl halides is 2. The average molecular weight is 523 g/mol. The minimum Gasteiger partial charge on any atom is -0.384 e. The summed E-state index contributed by atoms with van der Waals surface area (Å²) < 4.78 is 58.6. The molecule has 0 amide bonds. The molecule has 0 aliphatic heterocycles. The highest BCUT2D eigenvalue weighted by atomic mass is 31.2. The maximum absolute atomic E-state index is 15.3. The molecular formula is C26H34F3N4O2P. The standard InChI is InChI=1S/C26H34F3N4O2P/c1-7-12-36(35,13-8-2)18-14-20-23(30-15-18)32-17(4)33-24(20)31-16(3)19-10-9-11-21(22(19)27)26(28,29)25(5,6)34/h9-11,14-16,34H,7-8,12-13H2,1-6H3,(H,30,31,32,33)/t16-/m1/s1. The van der Waals surface area contributed by atoms with Crippen LogP contribution in [0.3, 0.4) is 0 Å². The van der Waals surface area contributed by atoms with E-state index in [1.54, 1.807) is 26.1 Å². The van der Waals surface area contributed by atoms with E-state index in [0.717, 1.165) is 32.8 Å². The first-order valence-electron chi connectivity index (χ1n) is 12.1. The van der Waals surface area contributed by atoms with E-state index in [2.05, 4.69) is 20.3 Å². The SMILES string of the molecule is CCCP(=O)(CCC)c1cnc2nc(C)nc(N[C@H](C)c3cccc(C(F)(F)C(C)(C)O)c3F)c2c1. The van der Waals surface area contributed by atoms with Crippen molar-refractivity contribution in [3.05, 3.63) is 53.2 Å². The van der Waals surface area contributed by atoms with Crippen LogP contribution in [0, 0.1) is 12.7 Å². The highest BCUT2D eigenvalue weighted by molar-refractivity contribution is 7.71. The topological polar surface area (TPSA) is 88.0 Å². The van der Waals surface area contributed by atoms with E-state index in [-0.39, 0.29) is 5.56 Å². The van der Waals surface area contributed by atoms with Gasteiger partial charge in [-0.3, -0.25) is 0 Å². The zero-order valence-corrected chi connectivity index (χ0v) is 22.5. The molecule has 0 aliphatic rings. The van der Waals surface area contributed by atoms with E-state index in [9.17, 15) is 18.5 Å². The predicted molar refractivity (Wildman–Crippen MR) is 138 cm³/mol. The number of aliphatic hydroxyl groups is 1. The second-order valence-electron chi connectivity index (χ2n) is 9.73. The van der Waals surface area contributed by atoms with Crippen LogP contribution in [-0.2, 0) is 10.5 Å². The Kier molecular flexibility index (Phi) is 8.16. The maximum Gasteiger partial charge on any atom is 0.303 e. The number of anilines is 1. The Labute approximate surface area is 210 Å².